The van der Waals surface area contributed by atoms with Crippen molar-refractivity contribution < 1.29 is 17.9 Å². The number of ether oxygens (including phenoxy) is 1. The molecule has 19 heavy (non-hydrogen) atoms. The molecule has 0 aliphatic rings. The Bertz CT molecular complexity index is 622. The molecule has 0 radical (unpaired) electrons. The Hall–Kier alpha value is -0.630. The molecule has 106 valence electrons. The number of rotatable bonds is 2. The summed E-state index contributed by atoms with van der Waals surface area (Å²) >= 11 is 8.94. The Kier molecular flexibility index (Phi) is 4.66. The molecule has 0 heterocycles. The number of halogens is 2. The van der Waals surface area contributed by atoms with Crippen molar-refractivity contribution in [1.29, 1.82) is 0 Å². The highest BCUT2D eigenvalue weighted by Gasteiger charge is 2.23. The number of hydrogen-bond acceptors (Lipinski definition) is 4. The van der Waals surface area contributed by atoms with Crippen molar-refractivity contribution in [2.45, 2.75) is 31.3 Å². The van der Waals surface area contributed by atoms with Gasteiger partial charge in [-0.25, -0.2) is 18.4 Å². The summed E-state index contributed by atoms with van der Waals surface area (Å²) in [6, 6.07) is 2.39. The molecule has 0 atom stereocenters. The van der Waals surface area contributed by atoms with Crippen LogP contribution in [0.25, 0.3) is 0 Å². The van der Waals surface area contributed by atoms with E-state index in [-0.39, 0.29) is 20.0 Å². The summed E-state index contributed by atoms with van der Waals surface area (Å²) in [6.07, 6.45) is 0. The first-order valence-electron chi connectivity index (χ1n) is 5.17. The summed E-state index contributed by atoms with van der Waals surface area (Å²) in [5, 5.41) is 5.13. The van der Waals surface area contributed by atoms with Gasteiger partial charge in [0.25, 0.3) is 0 Å². The second kappa shape index (κ2) is 5.40. The number of sulfonamides is 1. The maximum absolute atomic E-state index is 11.9. The van der Waals surface area contributed by atoms with Crippen LogP contribution in [0.1, 0.15) is 31.1 Å². The van der Waals surface area contributed by atoms with Crippen LogP contribution in [-0.2, 0) is 14.8 Å². The van der Waals surface area contributed by atoms with Gasteiger partial charge in [-0.3, -0.25) is 0 Å². The number of carbonyl (C=O) groups excluding carboxylic acids is 1. The predicted molar refractivity (Wildman–Crippen MR) is 75.7 cm³/mol. The maximum Gasteiger partial charge on any atom is 0.340 e. The predicted octanol–water partition coefficient (Wildman–Crippen LogP) is 2.71. The maximum atomic E-state index is 11.9. The monoisotopic (exact) mass is 369 g/mol. The topological polar surface area (TPSA) is 86.5 Å². The molecule has 0 unspecified atom stereocenters. The molecule has 1 aromatic carbocycles. The van der Waals surface area contributed by atoms with E-state index in [1.807, 2.05) is 0 Å². The number of primary sulfonamides is 1. The lowest BCUT2D eigenvalue weighted by Crippen LogP contribution is -2.24. The Morgan fingerprint density at radius 2 is 1.89 bits per heavy atom. The average Bonchev–Trinajstić information content (AvgIpc) is 2.11. The number of benzene rings is 1. The van der Waals surface area contributed by atoms with E-state index in [1.54, 1.807) is 20.8 Å². The molecule has 0 saturated heterocycles. The van der Waals surface area contributed by atoms with E-state index in [1.165, 1.54) is 6.07 Å². The van der Waals surface area contributed by atoms with Gasteiger partial charge in [0.1, 0.15) is 5.60 Å². The molecule has 0 fully saturated rings. The van der Waals surface area contributed by atoms with Gasteiger partial charge < -0.3 is 4.74 Å². The first-order valence-corrected chi connectivity index (χ1v) is 7.89. The van der Waals surface area contributed by atoms with Crippen molar-refractivity contribution in [1.82, 2.24) is 0 Å². The largest absolute Gasteiger partial charge is 0.456 e. The molecule has 0 amide bonds. The van der Waals surface area contributed by atoms with E-state index in [0.29, 0.717) is 0 Å². The first-order chi connectivity index (χ1) is 8.42. The van der Waals surface area contributed by atoms with Crippen LogP contribution in [0.15, 0.2) is 21.5 Å². The molecular weight excluding hydrogens is 358 g/mol. The highest BCUT2D eigenvalue weighted by molar-refractivity contribution is 9.10. The summed E-state index contributed by atoms with van der Waals surface area (Å²) in [4.78, 5) is 11.7. The van der Waals surface area contributed by atoms with Crippen LogP contribution in [0, 0.1) is 0 Å². The number of esters is 1. The van der Waals surface area contributed by atoms with Crippen molar-refractivity contribution in [2.75, 3.05) is 0 Å². The minimum Gasteiger partial charge on any atom is -0.456 e. The zero-order chi connectivity index (χ0) is 15.0. The van der Waals surface area contributed by atoms with Crippen molar-refractivity contribution in [3.05, 3.63) is 27.2 Å². The molecule has 1 rings (SSSR count). The highest BCUT2D eigenvalue weighted by Crippen LogP contribution is 2.29. The first kappa shape index (κ1) is 16.4. The van der Waals surface area contributed by atoms with Gasteiger partial charge in [-0.15, -0.1) is 0 Å². The van der Waals surface area contributed by atoms with Crippen LogP contribution in [-0.4, -0.2) is 20.0 Å². The van der Waals surface area contributed by atoms with Crippen LogP contribution in [0.3, 0.4) is 0 Å². The SMILES string of the molecule is CC(C)(C)OC(=O)c1cc(S(N)(=O)=O)c(Br)cc1Cl. The summed E-state index contributed by atoms with van der Waals surface area (Å²) in [7, 11) is -3.96. The van der Waals surface area contributed by atoms with E-state index < -0.39 is 21.6 Å². The zero-order valence-electron chi connectivity index (χ0n) is 10.5. The quantitative estimate of drug-likeness (QED) is 0.811. The second-order valence-electron chi connectivity index (χ2n) is 4.81. The Morgan fingerprint density at radius 3 is 2.32 bits per heavy atom. The molecular formula is C11H13BrClNO4S. The average molecular weight is 371 g/mol. The summed E-state index contributed by atoms with van der Waals surface area (Å²) in [6.45, 7) is 5.08. The van der Waals surface area contributed by atoms with E-state index in [4.69, 9.17) is 21.5 Å². The van der Waals surface area contributed by atoms with Gasteiger partial charge in [0, 0.05) is 4.47 Å². The molecule has 0 saturated carbocycles. The van der Waals surface area contributed by atoms with Gasteiger partial charge in [-0.2, -0.15) is 0 Å². The van der Waals surface area contributed by atoms with Gasteiger partial charge in [0.15, 0.2) is 0 Å². The normalized spacial score (nSPS) is 12.3. The summed E-state index contributed by atoms with van der Waals surface area (Å²) in [5.74, 6) is -0.713. The Morgan fingerprint density at radius 1 is 1.37 bits per heavy atom. The fraction of sp³-hybridized carbons (Fsp3) is 0.364. The van der Waals surface area contributed by atoms with E-state index in [9.17, 15) is 13.2 Å². The van der Waals surface area contributed by atoms with Crippen LogP contribution in [0.5, 0.6) is 0 Å². The Balaban J connectivity index is 3.34. The third-order valence-electron chi connectivity index (χ3n) is 1.95. The molecule has 5 nitrogen and oxygen atoms in total. The van der Waals surface area contributed by atoms with Crippen LogP contribution in [0.2, 0.25) is 5.02 Å². The summed E-state index contributed by atoms with van der Waals surface area (Å²) in [5.41, 5.74) is -0.765. The van der Waals surface area contributed by atoms with Crippen molar-refractivity contribution >= 4 is 43.5 Å². The lowest BCUT2D eigenvalue weighted by Gasteiger charge is -2.20. The number of nitrogens with two attached hydrogens (primary N) is 1. The second-order valence-corrected chi connectivity index (χ2v) is 7.60. The zero-order valence-corrected chi connectivity index (χ0v) is 13.7. The fourth-order valence-electron chi connectivity index (χ4n) is 1.24. The molecule has 1 aromatic rings. The minimum absolute atomic E-state index is 0.0520. The van der Waals surface area contributed by atoms with Gasteiger partial charge in [0.2, 0.25) is 10.0 Å². The van der Waals surface area contributed by atoms with Crippen molar-refractivity contribution in [2.24, 2.45) is 5.14 Å². The molecule has 0 aliphatic heterocycles. The van der Waals surface area contributed by atoms with Gasteiger partial charge >= 0.3 is 5.97 Å². The third-order valence-corrected chi connectivity index (χ3v) is 4.13. The van der Waals surface area contributed by atoms with E-state index >= 15 is 0 Å². The van der Waals surface area contributed by atoms with Crippen LogP contribution >= 0.6 is 27.5 Å². The highest BCUT2D eigenvalue weighted by atomic mass is 79.9. The van der Waals surface area contributed by atoms with Crippen LogP contribution < -0.4 is 5.14 Å². The number of carbonyl (C=O) groups is 1. The lowest BCUT2D eigenvalue weighted by atomic mass is 10.1. The minimum atomic E-state index is -3.96. The third kappa shape index (κ3) is 4.45. The van der Waals surface area contributed by atoms with Crippen LogP contribution in [0.4, 0.5) is 0 Å². The lowest BCUT2D eigenvalue weighted by molar-refractivity contribution is 0.00695. The molecule has 0 aliphatic carbocycles. The summed E-state index contributed by atoms with van der Waals surface area (Å²) < 4.78 is 28.1. The van der Waals surface area contributed by atoms with Gasteiger partial charge in [-0.1, -0.05) is 11.6 Å². The van der Waals surface area contributed by atoms with Gasteiger partial charge in [-0.05, 0) is 48.8 Å². The standard InChI is InChI=1S/C11H13BrClNO4S/c1-11(2,3)18-10(15)6-4-9(19(14,16)17)7(12)5-8(6)13/h4-5H,1-3H3,(H2,14,16,17). The smallest absolute Gasteiger partial charge is 0.340 e. The number of hydrogen-bond donors (Lipinski definition) is 1. The molecule has 8 heteroatoms. The Labute approximate surface area is 125 Å². The van der Waals surface area contributed by atoms with E-state index in [2.05, 4.69) is 15.9 Å². The van der Waals surface area contributed by atoms with Crippen molar-refractivity contribution in [3.63, 3.8) is 0 Å². The molecule has 0 bridgehead atoms. The molecule has 0 aromatic heterocycles. The van der Waals surface area contributed by atoms with Gasteiger partial charge in [0.05, 0.1) is 15.5 Å². The fourth-order valence-corrected chi connectivity index (χ4v) is 3.24. The van der Waals surface area contributed by atoms with Crippen molar-refractivity contribution in [3.8, 4) is 0 Å². The van der Waals surface area contributed by atoms with E-state index in [0.717, 1.165) is 6.07 Å². The molecule has 2 N–H and O–H groups in total. The molecule has 0 spiro atoms.